The van der Waals surface area contributed by atoms with Gasteiger partial charge >= 0.3 is 0 Å². The second-order valence-electron chi connectivity index (χ2n) is 5.55. The largest absolute Gasteiger partial charge is 0.492 e. The molecular weight excluding hydrogens is 376 g/mol. The van der Waals surface area contributed by atoms with Crippen LogP contribution in [0.25, 0.3) is 0 Å². The third-order valence-electron chi connectivity index (χ3n) is 3.60. The third kappa shape index (κ3) is 5.45. The van der Waals surface area contributed by atoms with E-state index < -0.39 is 10.0 Å². The van der Waals surface area contributed by atoms with Crippen molar-refractivity contribution in [3.63, 3.8) is 0 Å². The van der Waals surface area contributed by atoms with Crippen molar-refractivity contribution in [3.05, 3.63) is 59.1 Å². The maximum absolute atomic E-state index is 12.4. The Bertz CT molecular complexity index is 836. The van der Waals surface area contributed by atoms with Crippen LogP contribution < -0.4 is 9.46 Å². The van der Waals surface area contributed by atoms with Crippen molar-refractivity contribution < 1.29 is 17.9 Å². The van der Waals surface area contributed by atoms with Gasteiger partial charge in [0.25, 0.3) is 5.91 Å². The van der Waals surface area contributed by atoms with Crippen LogP contribution in [0.5, 0.6) is 5.75 Å². The summed E-state index contributed by atoms with van der Waals surface area (Å²) in [7, 11) is -1.86. The van der Waals surface area contributed by atoms with Gasteiger partial charge in [-0.1, -0.05) is 18.5 Å². The number of sulfonamides is 1. The fraction of sp³-hybridized carbons (Fsp3) is 0.278. The average molecular weight is 397 g/mol. The zero-order valence-corrected chi connectivity index (χ0v) is 16.2. The van der Waals surface area contributed by atoms with E-state index in [1.807, 2.05) is 0 Å². The Morgan fingerprint density at radius 1 is 1.12 bits per heavy atom. The summed E-state index contributed by atoms with van der Waals surface area (Å²) < 4.78 is 31.8. The minimum Gasteiger partial charge on any atom is -0.492 e. The summed E-state index contributed by atoms with van der Waals surface area (Å²) in [5, 5.41) is 0.629. The predicted octanol–water partition coefficient (Wildman–Crippen LogP) is 2.79. The number of hydrogen-bond donors (Lipinski definition) is 1. The second-order valence-corrected chi connectivity index (χ2v) is 7.76. The van der Waals surface area contributed by atoms with Crippen LogP contribution in [0.3, 0.4) is 0 Å². The highest BCUT2D eigenvalue weighted by Crippen LogP contribution is 2.15. The van der Waals surface area contributed by atoms with E-state index in [-0.39, 0.29) is 10.8 Å². The van der Waals surface area contributed by atoms with Crippen molar-refractivity contribution in [3.8, 4) is 5.75 Å². The fourth-order valence-electron chi connectivity index (χ4n) is 2.20. The van der Waals surface area contributed by atoms with Crippen LogP contribution >= 0.6 is 11.6 Å². The van der Waals surface area contributed by atoms with Gasteiger partial charge in [-0.3, -0.25) is 4.79 Å². The first-order valence-electron chi connectivity index (χ1n) is 8.07. The minimum absolute atomic E-state index is 0.129. The summed E-state index contributed by atoms with van der Waals surface area (Å²) in [6.07, 6.45) is 0. The Labute approximate surface area is 158 Å². The van der Waals surface area contributed by atoms with E-state index >= 15 is 0 Å². The van der Waals surface area contributed by atoms with Gasteiger partial charge in [0, 0.05) is 24.2 Å². The molecule has 26 heavy (non-hydrogen) atoms. The van der Waals surface area contributed by atoms with E-state index in [4.69, 9.17) is 16.3 Å². The van der Waals surface area contributed by atoms with Crippen LogP contribution in [-0.2, 0) is 10.0 Å². The monoisotopic (exact) mass is 396 g/mol. The zero-order chi connectivity index (χ0) is 19.2. The molecule has 0 atom stereocenters. The Hall–Kier alpha value is -2.09. The first-order valence-corrected chi connectivity index (χ1v) is 9.93. The Morgan fingerprint density at radius 2 is 1.73 bits per heavy atom. The number of carbonyl (C=O) groups is 1. The molecule has 0 aromatic heterocycles. The molecule has 0 unspecified atom stereocenters. The van der Waals surface area contributed by atoms with Crippen LogP contribution in [0, 0.1) is 0 Å². The molecule has 8 heteroatoms. The fourth-order valence-corrected chi connectivity index (χ4v) is 3.37. The molecule has 0 saturated heterocycles. The highest BCUT2D eigenvalue weighted by atomic mass is 35.5. The van der Waals surface area contributed by atoms with Gasteiger partial charge in [-0.2, -0.15) is 0 Å². The normalized spacial score (nSPS) is 11.2. The number of rotatable bonds is 8. The van der Waals surface area contributed by atoms with Crippen molar-refractivity contribution in [1.82, 2.24) is 9.62 Å². The van der Waals surface area contributed by atoms with Crippen molar-refractivity contribution in [2.24, 2.45) is 0 Å². The quantitative estimate of drug-likeness (QED) is 0.744. The lowest BCUT2D eigenvalue weighted by atomic mass is 10.2. The van der Waals surface area contributed by atoms with Crippen LogP contribution in [0.1, 0.15) is 17.3 Å². The summed E-state index contributed by atoms with van der Waals surface area (Å²) >= 11 is 5.81. The number of likely N-dealkylation sites (N-methyl/N-ethyl adjacent to an activating group) is 1. The standard InChI is InChI=1S/C18H21ClN2O4S/c1-3-20-26(23,24)17-10-4-14(5-11-17)18(22)21(2)12-13-25-16-8-6-15(19)7-9-16/h4-11,20H,3,12-13H2,1-2H3. The number of hydrogen-bond acceptors (Lipinski definition) is 4. The van der Waals surface area contributed by atoms with Gasteiger partial charge in [0.1, 0.15) is 12.4 Å². The molecule has 2 rings (SSSR count). The molecule has 0 aliphatic heterocycles. The number of amides is 1. The molecule has 0 spiro atoms. The average Bonchev–Trinajstić information content (AvgIpc) is 2.62. The highest BCUT2D eigenvalue weighted by Gasteiger charge is 2.15. The van der Waals surface area contributed by atoms with Gasteiger partial charge in [-0.25, -0.2) is 13.1 Å². The molecular formula is C18H21ClN2O4S. The maximum atomic E-state index is 12.4. The summed E-state index contributed by atoms with van der Waals surface area (Å²) in [6, 6.07) is 12.8. The predicted molar refractivity (Wildman–Crippen MR) is 101 cm³/mol. The lowest BCUT2D eigenvalue weighted by Crippen LogP contribution is -2.31. The molecule has 1 N–H and O–H groups in total. The van der Waals surface area contributed by atoms with Crippen molar-refractivity contribution >= 4 is 27.5 Å². The first-order chi connectivity index (χ1) is 12.3. The number of benzene rings is 2. The number of nitrogens with one attached hydrogen (secondary N) is 1. The van der Waals surface area contributed by atoms with Crippen molar-refractivity contribution in [1.29, 1.82) is 0 Å². The van der Waals surface area contributed by atoms with E-state index in [1.165, 1.54) is 29.2 Å². The minimum atomic E-state index is -3.53. The molecule has 0 fully saturated rings. The molecule has 6 nitrogen and oxygen atoms in total. The topological polar surface area (TPSA) is 75.7 Å². The maximum Gasteiger partial charge on any atom is 0.253 e. The molecule has 2 aromatic carbocycles. The van der Waals surface area contributed by atoms with Crippen LogP contribution in [0.4, 0.5) is 0 Å². The highest BCUT2D eigenvalue weighted by molar-refractivity contribution is 7.89. The third-order valence-corrected chi connectivity index (χ3v) is 5.42. The lowest BCUT2D eigenvalue weighted by molar-refractivity contribution is 0.0773. The summed E-state index contributed by atoms with van der Waals surface area (Å²) in [5.74, 6) is 0.463. The van der Waals surface area contributed by atoms with Gasteiger partial charge < -0.3 is 9.64 Å². The molecule has 0 bridgehead atoms. The van der Waals surface area contributed by atoms with E-state index in [0.29, 0.717) is 36.0 Å². The van der Waals surface area contributed by atoms with E-state index in [9.17, 15) is 13.2 Å². The molecule has 2 aromatic rings. The van der Waals surface area contributed by atoms with E-state index in [2.05, 4.69) is 4.72 Å². The molecule has 1 amide bonds. The lowest BCUT2D eigenvalue weighted by Gasteiger charge is -2.18. The van der Waals surface area contributed by atoms with Crippen LogP contribution in [0.15, 0.2) is 53.4 Å². The zero-order valence-electron chi connectivity index (χ0n) is 14.6. The molecule has 140 valence electrons. The summed E-state index contributed by atoms with van der Waals surface area (Å²) in [6.45, 7) is 2.73. The Kier molecular flexibility index (Phi) is 7.02. The Balaban J connectivity index is 1.92. The SMILES string of the molecule is CCNS(=O)(=O)c1ccc(C(=O)N(C)CCOc2ccc(Cl)cc2)cc1. The van der Waals surface area contributed by atoms with Crippen LogP contribution in [-0.4, -0.2) is 46.0 Å². The van der Waals surface area contributed by atoms with E-state index in [1.54, 1.807) is 38.2 Å². The summed E-state index contributed by atoms with van der Waals surface area (Å²) in [5.41, 5.74) is 0.412. The number of ether oxygens (including phenoxy) is 1. The molecule has 0 heterocycles. The smallest absolute Gasteiger partial charge is 0.253 e. The van der Waals surface area contributed by atoms with Crippen LogP contribution in [0.2, 0.25) is 5.02 Å². The molecule has 0 aliphatic carbocycles. The first kappa shape index (κ1) is 20.2. The molecule has 0 aliphatic rings. The summed E-state index contributed by atoms with van der Waals surface area (Å²) in [4.78, 5) is 14.1. The van der Waals surface area contributed by atoms with Crippen molar-refractivity contribution in [2.45, 2.75) is 11.8 Å². The van der Waals surface area contributed by atoms with Gasteiger partial charge in [-0.05, 0) is 48.5 Å². The van der Waals surface area contributed by atoms with Gasteiger partial charge in [0.15, 0.2) is 0 Å². The molecule has 0 saturated carbocycles. The number of carbonyl (C=O) groups excluding carboxylic acids is 1. The van der Waals surface area contributed by atoms with E-state index in [0.717, 1.165) is 0 Å². The van der Waals surface area contributed by atoms with Gasteiger partial charge in [0.2, 0.25) is 10.0 Å². The molecule has 0 radical (unpaired) electrons. The second kappa shape index (κ2) is 9.02. The number of halogens is 1. The number of nitrogens with zero attached hydrogens (tertiary/aromatic N) is 1. The van der Waals surface area contributed by atoms with Crippen molar-refractivity contribution in [2.75, 3.05) is 26.7 Å². The van der Waals surface area contributed by atoms with Gasteiger partial charge in [-0.15, -0.1) is 0 Å². The Morgan fingerprint density at radius 3 is 2.31 bits per heavy atom. The van der Waals surface area contributed by atoms with Gasteiger partial charge in [0.05, 0.1) is 11.4 Å².